The number of aliphatic carboxylic acids is 1. The molecule has 0 unspecified atom stereocenters. The normalized spacial score (nSPS) is 15.3. The van der Waals surface area contributed by atoms with Crippen LogP contribution >= 0.6 is 0 Å². The summed E-state index contributed by atoms with van der Waals surface area (Å²) in [7, 11) is 0. The largest absolute Gasteiger partial charge is 0.480 e. The lowest BCUT2D eigenvalue weighted by Gasteiger charge is -2.25. The van der Waals surface area contributed by atoms with Crippen molar-refractivity contribution >= 4 is 17.8 Å². The van der Waals surface area contributed by atoms with Gasteiger partial charge in [0.1, 0.15) is 6.54 Å². The summed E-state index contributed by atoms with van der Waals surface area (Å²) in [5.74, 6) is -1.73. The number of hydrogen-bond donors (Lipinski definition) is 2. The third-order valence-corrected chi connectivity index (χ3v) is 2.38. The van der Waals surface area contributed by atoms with Gasteiger partial charge in [-0.1, -0.05) is 5.21 Å². The van der Waals surface area contributed by atoms with E-state index >= 15 is 0 Å². The number of carboxylic acid groups (broad SMARTS) is 1. The molecule has 1 aromatic rings. The second-order valence-corrected chi connectivity index (χ2v) is 3.77. The number of piperazine rings is 1. The molecule has 0 aliphatic carbocycles. The van der Waals surface area contributed by atoms with E-state index in [4.69, 9.17) is 5.11 Å². The van der Waals surface area contributed by atoms with E-state index in [1.807, 2.05) is 0 Å². The molecular formula is C9H11N5O4. The highest BCUT2D eigenvalue weighted by molar-refractivity contribution is 5.95. The number of carbonyl (C=O) groups is 3. The number of nitrogens with zero attached hydrogens (tertiary/aromatic N) is 4. The van der Waals surface area contributed by atoms with Gasteiger partial charge in [-0.25, -0.2) is 4.68 Å². The standard InChI is InChI=1S/C9H11N5O4/c15-7-4-13(2-1-10-7)9(18)6-3-14(12-11-6)5-8(16)17/h3H,1-2,4-5H2,(H,10,15)(H,16,17). The lowest BCUT2D eigenvalue weighted by molar-refractivity contribution is -0.138. The summed E-state index contributed by atoms with van der Waals surface area (Å²) in [4.78, 5) is 34.9. The molecule has 0 bridgehead atoms. The smallest absolute Gasteiger partial charge is 0.325 e. The van der Waals surface area contributed by atoms with Crippen molar-refractivity contribution in [3.05, 3.63) is 11.9 Å². The maximum absolute atomic E-state index is 11.9. The highest BCUT2D eigenvalue weighted by atomic mass is 16.4. The van der Waals surface area contributed by atoms with Gasteiger partial charge in [0, 0.05) is 13.1 Å². The van der Waals surface area contributed by atoms with Crippen molar-refractivity contribution in [1.82, 2.24) is 25.2 Å². The molecule has 0 spiro atoms. The number of amides is 2. The molecule has 2 rings (SSSR count). The van der Waals surface area contributed by atoms with Crippen LogP contribution in [0.4, 0.5) is 0 Å². The van der Waals surface area contributed by atoms with Crippen molar-refractivity contribution in [3.8, 4) is 0 Å². The monoisotopic (exact) mass is 253 g/mol. The Labute approximate surface area is 101 Å². The van der Waals surface area contributed by atoms with Crippen LogP contribution in [0, 0.1) is 0 Å². The van der Waals surface area contributed by atoms with Crippen LogP contribution in [0.2, 0.25) is 0 Å². The van der Waals surface area contributed by atoms with Crippen LogP contribution < -0.4 is 5.32 Å². The van der Waals surface area contributed by atoms with Crippen molar-refractivity contribution in [1.29, 1.82) is 0 Å². The van der Waals surface area contributed by atoms with E-state index in [0.29, 0.717) is 13.1 Å². The summed E-state index contributed by atoms with van der Waals surface area (Å²) in [6.45, 7) is 0.412. The Morgan fingerprint density at radius 1 is 1.50 bits per heavy atom. The number of hydrogen-bond acceptors (Lipinski definition) is 5. The van der Waals surface area contributed by atoms with Crippen molar-refractivity contribution in [3.63, 3.8) is 0 Å². The van der Waals surface area contributed by atoms with Crippen LogP contribution in [0.5, 0.6) is 0 Å². The Bertz CT molecular complexity index is 497. The van der Waals surface area contributed by atoms with Gasteiger partial charge in [-0.3, -0.25) is 14.4 Å². The maximum Gasteiger partial charge on any atom is 0.325 e. The van der Waals surface area contributed by atoms with Gasteiger partial charge in [0.25, 0.3) is 5.91 Å². The molecule has 1 aliphatic rings. The van der Waals surface area contributed by atoms with Crippen LogP contribution in [0.15, 0.2) is 6.20 Å². The van der Waals surface area contributed by atoms with E-state index in [1.165, 1.54) is 11.1 Å². The van der Waals surface area contributed by atoms with Crippen LogP contribution in [0.1, 0.15) is 10.5 Å². The molecule has 9 heteroatoms. The molecule has 1 aromatic heterocycles. The molecule has 0 saturated carbocycles. The number of nitrogens with one attached hydrogen (secondary N) is 1. The average molecular weight is 253 g/mol. The Kier molecular flexibility index (Phi) is 3.22. The van der Waals surface area contributed by atoms with E-state index < -0.39 is 11.9 Å². The van der Waals surface area contributed by atoms with Gasteiger partial charge in [-0.05, 0) is 0 Å². The second kappa shape index (κ2) is 4.82. The number of aromatic nitrogens is 3. The minimum atomic E-state index is -1.07. The maximum atomic E-state index is 11.9. The van der Waals surface area contributed by atoms with Crippen LogP contribution in [0.3, 0.4) is 0 Å². The summed E-state index contributed by atoms with van der Waals surface area (Å²) in [6.07, 6.45) is 1.25. The minimum absolute atomic E-state index is 0.0232. The molecule has 1 saturated heterocycles. The fourth-order valence-electron chi connectivity index (χ4n) is 1.59. The third kappa shape index (κ3) is 2.62. The van der Waals surface area contributed by atoms with Crippen molar-refractivity contribution in [2.75, 3.05) is 19.6 Å². The first-order chi connectivity index (χ1) is 8.56. The Morgan fingerprint density at radius 2 is 2.28 bits per heavy atom. The molecule has 0 aromatic carbocycles. The first-order valence-corrected chi connectivity index (χ1v) is 5.24. The Balaban J connectivity index is 2.06. The van der Waals surface area contributed by atoms with Crippen molar-refractivity contribution in [2.45, 2.75) is 6.54 Å². The van der Waals surface area contributed by atoms with Crippen molar-refractivity contribution in [2.24, 2.45) is 0 Å². The van der Waals surface area contributed by atoms with Gasteiger partial charge in [0.15, 0.2) is 5.69 Å². The van der Waals surface area contributed by atoms with Gasteiger partial charge in [-0.15, -0.1) is 5.10 Å². The van der Waals surface area contributed by atoms with Crippen LogP contribution in [-0.4, -0.2) is 62.4 Å². The SMILES string of the molecule is O=C(O)Cn1cc(C(=O)N2CCNC(=O)C2)nn1. The fourth-order valence-corrected chi connectivity index (χ4v) is 1.59. The van der Waals surface area contributed by atoms with Crippen LogP contribution in [-0.2, 0) is 16.1 Å². The van der Waals surface area contributed by atoms with E-state index in [9.17, 15) is 14.4 Å². The van der Waals surface area contributed by atoms with E-state index in [-0.39, 0.29) is 24.7 Å². The molecule has 0 radical (unpaired) electrons. The molecule has 2 heterocycles. The Morgan fingerprint density at radius 3 is 2.94 bits per heavy atom. The Hall–Kier alpha value is -2.45. The van der Waals surface area contributed by atoms with Gasteiger partial charge in [0.05, 0.1) is 12.7 Å². The third-order valence-electron chi connectivity index (χ3n) is 2.38. The molecule has 18 heavy (non-hydrogen) atoms. The van der Waals surface area contributed by atoms with Gasteiger partial charge in [-0.2, -0.15) is 0 Å². The fraction of sp³-hybridized carbons (Fsp3) is 0.444. The van der Waals surface area contributed by atoms with Crippen LogP contribution in [0.25, 0.3) is 0 Å². The summed E-state index contributed by atoms with van der Waals surface area (Å²) in [5.41, 5.74) is 0.0333. The second-order valence-electron chi connectivity index (χ2n) is 3.77. The predicted octanol–water partition coefficient (Wildman–Crippen LogP) is -2.07. The summed E-state index contributed by atoms with van der Waals surface area (Å²) >= 11 is 0. The summed E-state index contributed by atoms with van der Waals surface area (Å²) < 4.78 is 1.06. The van der Waals surface area contributed by atoms with Gasteiger partial charge in [0.2, 0.25) is 5.91 Å². The first-order valence-electron chi connectivity index (χ1n) is 5.24. The molecule has 1 fully saturated rings. The zero-order valence-corrected chi connectivity index (χ0v) is 9.37. The molecule has 96 valence electrons. The molecule has 9 nitrogen and oxygen atoms in total. The van der Waals surface area contributed by atoms with Gasteiger partial charge >= 0.3 is 5.97 Å². The van der Waals surface area contributed by atoms with Gasteiger partial charge < -0.3 is 15.3 Å². The molecule has 1 aliphatic heterocycles. The summed E-state index contributed by atoms with van der Waals surface area (Å²) in [6, 6.07) is 0. The highest BCUT2D eigenvalue weighted by Crippen LogP contribution is 2.03. The predicted molar refractivity (Wildman–Crippen MR) is 56.6 cm³/mol. The minimum Gasteiger partial charge on any atom is -0.480 e. The van der Waals surface area contributed by atoms with E-state index in [2.05, 4.69) is 15.6 Å². The lowest BCUT2D eigenvalue weighted by atomic mass is 10.3. The van der Waals surface area contributed by atoms with E-state index in [1.54, 1.807) is 0 Å². The quantitative estimate of drug-likeness (QED) is 0.639. The summed E-state index contributed by atoms with van der Waals surface area (Å²) in [5, 5.41) is 18.3. The number of rotatable bonds is 3. The van der Waals surface area contributed by atoms with E-state index in [0.717, 1.165) is 4.68 Å². The topological polar surface area (TPSA) is 117 Å². The molecule has 0 atom stereocenters. The number of carbonyl (C=O) groups excluding carboxylic acids is 2. The zero-order valence-electron chi connectivity index (χ0n) is 9.37. The molecule has 2 N–H and O–H groups in total. The van der Waals surface area contributed by atoms with Crippen molar-refractivity contribution < 1.29 is 19.5 Å². The molecule has 2 amide bonds. The molecular weight excluding hydrogens is 242 g/mol. The average Bonchev–Trinajstić information content (AvgIpc) is 2.75. The number of carboxylic acids is 1. The highest BCUT2D eigenvalue weighted by Gasteiger charge is 2.24. The lowest BCUT2D eigenvalue weighted by Crippen LogP contribution is -2.50. The first kappa shape index (κ1) is 12.0. The zero-order chi connectivity index (χ0) is 13.1.